The second kappa shape index (κ2) is 22.8. The van der Waals surface area contributed by atoms with Gasteiger partial charge in [0.2, 0.25) is 23.6 Å². The van der Waals surface area contributed by atoms with Gasteiger partial charge in [0, 0.05) is 23.8 Å². The van der Waals surface area contributed by atoms with E-state index in [4.69, 9.17) is 5.73 Å². The normalized spacial score (nSPS) is 18.4. The van der Waals surface area contributed by atoms with Gasteiger partial charge in [0.05, 0.1) is 48.7 Å². The molecule has 13 nitrogen and oxygen atoms in total. The number of carbonyl (C=O) groups excluding carboxylic acids is 4. The van der Waals surface area contributed by atoms with Crippen LogP contribution in [0.3, 0.4) is 0 Å². The molecule has 9 atom stereocenters. The minimum atomic E-state index is -1.24. The average molecular weight is 834 g/mol. The van der Waals surface area contributed by atoms with Gasteiger partial charge >= 0.3 is 0 Å². The van der Waals surface area contributed by atoms with Crippen LogP contribution in [0.2, 0.25) is 0 Å². The molecule has 4 amide bonds. The Morgan fingerprint density at radius 1 is 0.864 bits per heavy atom. The van der Waals surface area contributed by atoms with Crippen molar-refractivity contribution < 1.29 is 29.4 Å². The van der Waals surface area contributed by atoms with Crippen LogP contribution in [0.1, 0.15) is 96.3 Å². The maximum atomic E-state index is 13.9. The Hall–Kier alpha value is -4.37. The third-order valence-corrected chi connectivity index (χ3v) is 12.5. The molecule has 324 valence electrons. The highest BCUT2D eigenvalue weighted by Gasteiger charge is 2.41. The molecule has 8 N–H and O–H groups in total. The summed E-state index contributed by atoms with van der Waals surface area (Å²) >= 11 is 1.45. The molecule has 1 aliphatic rings. The molecule has 14 heteroatoms. The molecule has 2 aromatic carbocycles. The molecule has 1 saturated heterocycles. The molecule has 4 rings (SSSR count). The van der Waals surface area contributed by atoms with Crippen LogP contribution >= 0.6 is 11.3 Å². The van der Waals surface area contributed by atoms with E-state index >= 15 is 0 Å². The van der Waals surface area contributed by atoms with E-state index in [-0.39, 0.29) is 47.9 Å². The van der Waals surface area contributed by atoms with Crippen molar-refractivity contribution in [2.45, 2.75) is 129 Å². The zero-order chi connectivity index (χ0) is 43.2. The predicted molar refractivity (Wildman–Crippen MR) is 233 cm³/mol. The van der Waals surface area contributed by atoms with Gasteiger partial charge in [0.25, 0.3) is 0 Å². The van der Waals surface area contributed by atoms with Crippen molar-refractivity contribution in [1.29, 1.82) is 0 Å². The predicted octanol–water partition coefficient (Wildman–Crippen LogP) is 4.39. The van der Waals surface area contributed by atoms with E-state index in [9.17, 15) is 29.4 Å². The number of hydrogen-bond donors (Lipinski definition) is 7. The fourth-order valence-corrected chi connectivity index (χ4v) is 8.41. The quantitative estimate of drug-likeness (QED) is 0.0718. The third-order valence-electron chi connectivity index (χ3n) is 11.6. The lowest BCUT2D eigenvalue weighted by Crippen LogP contribution is -2.59. The molecule has 2 heterocycles. The number of likely N-dealkylation sites (tertiary alicyclic amines) is 1. The third kappa shape index (κ3) is 13.6. The van der Waals surface area contributed by atoms with Gasteiger partial charge in [-0.05, 0) is 73.2 Å². The number of aliphatic hydroxyl groups is 2. The smallest absolute Gasteiger partial charge is 0.243 e. The summed E-state index contributed by atoms with van der Waals surface area (Å²) in [4.78, 5) is 61.1. The van der Waals surface area contributed by atoms with Crippen molar-refractivity contribution in [1.82, 2.24) is 31.2 Å². The Balaban J connectivity index is 1.37. The Bertz CT molecular complexity index is 1760. The molecule has 0 saturated carbocycles. The van der Waals surface area contributed by atoms with Crippen molar-refractivity contribution in [3.8, 4) is 0 Å². The fraction of sp³-hybridized carbons (Fsp3) is 0.578. The molecular formula is C45H67N7O6S. The van der Waals surface area contributed by atoms with Crippen LogP contribution < -0.4 is 27.0 Å². The zero-order valence-electron chi connectivity index (χ0n) is 35.8. The molecule has 0 bridgehead atoms. The number of nitrogen functional groups attached to an aromatic ring is 1. The molecule has 1 fully saturated rings. The molecule has 0 radical (unpaired) electrons. The summed E-state index contributed by atoms with van der Waals surface area (Å²) in [5.41, 5.74) is 8.63. The first kappa shape index (κ1) is 47.3. The van der Waals surface area contributed by atoms with Crippen molar-refractivity contribution in [3.05, 3.63) is 82.3 Å². The van der Waals surface area contributed by atoms with Gasteiger partial charge in [0.15, 0.2) is 0 Å². The second-order valence-electron chi connectivity index (χ2n) is 16.8. The lowest BCUT2D eigenvalue weighted by Gasteiger charge is -2.35. The minimum Gasteiger partial charge on any atom is -0.399 e. The summed E-state index contributed by atoms with van der Waals surface area (Å²) < 4.78 is 0. The molecule has 0 unspecified atom stereocenters. The van der Waals surface area contributed by atoms with E-state index in [0.29, 0.717) is 50.9 Å². The first-order valence-electron chi connectivity index (χ1n) is 21.2. The lowest BCUT2D eigenvalue weighted by atomic mass is 9.90. The number of aliphatic hydroxyl groups excluding tert-OH is 2. The monoisotopic (exact) mass is 833 g/mol. The van der Waals surface area contributed by atoms with E-state index in [1.165, 1.54) is 11.3 Å². The molecule has 1 aliphatic heterocycles. The minimum absolute atomic E-state index is 0.0524. The first-order valence-corrected chi connectivity index (χ1v) is 22.1. The SMILES string of the molecule is CC[C@H](C)[C@H](NC(=O)[C@@H](NC(=O)[C@@H](NCCc1ccc(N)cc1)C(C)C)C(C)C)[C@H](O)CC(=O)N1CCC[C@H]1[C@H](O)[C@@H](C)C(=O)N[C@@H](Cc1ccccc1)c1nccs1. The number of amides is 4. The highest BCUT2D eigenvalue weighted by molar-refractivity contribution is 7.09. The van der Waals surface area contributed by atoms with E-state index in [1.807, 2.05) is 102 Å². The molecule has 0 aliphatic carbocycles. The van der Waals surface area contributed by atoms with Crippen molar-refractivity contribution in [2.24, 2.45) is 23.7 Å². The summed E-state index contributed by atoms with van der Waals surface area (Å²) in [6, 6.07) is 14.2. The van der Waals surface area contributed by atoms with Gasteiger partial charge in [-0.2, -0.15) is 0 Å². The number of nitrogens with one attached hydrogen (secondary N) is 4. The maximum Gasteiger partial charge on any atom is 0.243 e. The van der Waals surface area contributed by atoms with Gasteiger partial charge in [0.1, 0.15) is 11.0 Å². The number of benzene rings is 2. The number of thiazole rings is 1. The number of hydrogen-bond acceptors (Lipinski definition) is 10. The molecule has 1 aromatic heterocycles. The first-order chi connectivity index (χ1) is 28.1. The van der Waals surface area contributed by atoms with Crippen LogP contribution in [0, 0.1) is 23.7 Å². The highest BCUT2D eigenvalue weighted by Crippen LogP contribution is 2.28. The van der Waals surface area contributed by atoms with Gasteiger partial charge in [-0.15, -0.1) is 11.3 Å². The Labute approximate surface area is 354 Å². The van der Waals surface area contributed by atoms with Crippen molar-refractivity contribution in [2.75, 3.05) is 18.8 Å². The molecule has 59 heavy (non-hydrogen) atoms. The highest BCUT2D eigenvalue weighted by atomic mass is 32.1. The summed E-state index contributed by atoms with van der Waals surface area (Å²) in [5, 5.41) is 38.2. The average Bonchev–Trinajstić information content (AvgIpc) is 3.94. The molecular weight excluding hydrogens is 767 g/mol. The Morgan fingerprint density at radius 3 is 2.14 bits per heavy atom. The van der Waals surface area contributed by atoms with Crippen LogP contribution in [-0.4, -0.2) is 93.2 Å². The van der Waals surface area contributed by atoms with Crippen LogP contribution in [0.4, 0.5) is 5.69 Å². The van der Waals surface area contributed by atoms with Crippen LogP contribution in [0.5, 0.6) is 0 Å². The van der Waals surface area contributed by atoms with Gasteiger partial charge < -0.3 is 42.1 Å². The Morgan fingerprint density at radius 2 is 1.53 bits per heavy atom. The number of nitrogens with zero attached hydrogens (tertiary/aromatic N) is 2. The number of aromatic nitrogens is 1. The summed E-state index contributed by atoms with van der Waals surface area (Å²) in [7, 11) is 0. The van der Waals surface area contributed by atoms with E-state index in [1.54, 1.807) is 18.0 Å². The summed E-state index contributed by atoms with van der Waals surface area (Å²) in [6.07, 6.45) is 2.04. The maximum absolute atomic E-state index is 13.9. The topological polar surface area (TPSA) is 199 Å². The number of rotatable bonds is 22. The van der Waals surface area contributed by atoms with Gasteiger partial charge in [-0.1, -0.05) is 97.4 Å². The summed E-state index contributed by atoms with van der Waals surface area (Å²) in [6.45, 7) is 14.0. The summed E-state index contributed by atoms with van der Waals surface area (Å²) in [5.74, 6) is -2.78. The van der Waals surface area contributed by atoms with Gasteiger partial charge in [-0.3, -0.25) is 19.2 Å². The van der Waals surface area contributed by atoms with E-state index in [0.717, 1.165) is 16.1 Å². The number of anilines is 1. The fourth-order valence-electron chi connectivity index (χ4n) is 7.72. The lowest BCUT2D eigenvalue weighted by molar-refractivity contribution is -0.141. The zero-order valence-corrected chi connectivity index (χ0v) is 36.6. The number of nitrogens with two attached hydrogens (primary N) is 1. The standard InChI is InChI=1S/C45H67N7O6S/c1-8-29(6)40(51-44(58)39(28(4)5)50-43(57)38(27(2)3)47-21-20-31-16-18-33(46)19-17-31)36(53)26-37(54)52-23-12-15-35(52)41(55)30(7)42(56)49-34(45-48-22-24-59-45)25-32-13-10-9-11-14-32/h9-11,13-14,16-19,22,24,27-30,34-36,38-41,47,53,55H,8,12,15,20-21,23,25-26,46H2,1-7H3,(H,49,56)(H,50,57)(H,51,58)/t29-,30+,34-,35-,36+,38-,39-,40-,41+/m0/s1. The second-order valence-corrected chi connectivity index (χ2v) is 17.7. The van der Waals surface area contributed by atoms with Crippen LogP contribution in [0.15, 0.2) is 66.2 Å². The van der Waals surface area contributed by atoms with E-state index in [2.05, 4.69) is 26.3 Å². The Kier molecular flexibility index (Phi) is 18.3. The van der Waals surface area contributed by atoms with Crippen LogP contribution in [-0.2, 0) is 32.0 Å². The molecule has 0 spiro atoms. The van der Waals surface area contributed by atoms with Crippen molar-refractivity contribution >= 4 is 40.7 Å². The largest absolute Gasteiger partial charge is 0.399 e. The molecule has 3 aromatic rings. The number of carbonyl (C=O) groups is 4. The van der Waals surface area contributed by atoms with E-state index < -0.39 is 48.2 Å². The van der Waals surface area contributed by atoms with Gasteiger partial charge in [-0.25, -0.2) is 4.98 Å². The van der Waals surface area contributed by atoms with Crippen LogP contribution in [0.25, 0.3) is 0 Å². The van der Waals surface area contributed by atoms with Crippen molar-refractivity contribution in [3.63, 3.8) is 0 Å².